The van der Waals surface area contributed by atoms with E-state index in [-0.39, 0.29) is 18.5 Å². The van der Waals surface area contributed by atoms with Crippen LogP contribution >= 0.6 is 0 Å². The highest BCUT2D eigenvalue weighted by molar-refractivity contribution is 5.76. The summed E-state index contributed by atoms with van der Waals surface area (Å²) in [6.07, 6.45) is 93.9. The third-order valence-corrected chi connectivity index (χ3v) is 17.7. The molecule has 83 heavy (non-hydrogen) atoms. The predicted molar refractivity (Wildman–Crippen MR) is 366 cm³/mol. The summed E-state index contributed by atoms with van der Waals surface area (Å²) in [5.74, 6) is -0.0448. The Kier molecular flexibility index (Phi) is 70.9. The second kappa shape index (κ2) is 72.6. The van der Waals surface area contributed by atoms with Gasteiger partial charge in [-0.15, -0.1) is 0 Å². The molecule has 6 nitrogen and oxygen atoms in total. The molecule has 1 amide bonds. The lowest BCUT2D eigenvalue weighted by atomic mass is 10.0. The van der Waals surface area contributed by atoms with Crippen LogP contribution in [-0.4, -0.2) is 47.4 Å². The number of aliphatic hydroxyl groups is 2. The van der Waals surface area contributed by atoms with E-state index in [1.54, 1.807) is 6.08 Å². The normalized spacial score (nSPS) is 12.7. The van der Waals surface area contributed by atoms with Gasteiger partial charge in [0.25, 0.3) is 0 Å². The smallest absolute Gasteiger partial charge is 0.305 e. The Hall–Kier alpha value is -1.92. The first-order valence-corrected chi connectivity index (χ1v) is 37.8. The van der Waals surface area contributed by atoms with Crippen molar-refractivity contribution in [3.8, 4) is 0 Å². The number of carbonyl (C=O) groups is 2. The monoisotopic (exact) mass is 1170 g/mol. The van der Waals surface area contributed by atoms with E-state index < -0.39 is 12.1 Å². The minimum atomic E-state index is -0.843. The van der Waals surface area contributed by atoms with Crippen LogP contribution in [0.3, 0.4) is 0 Å². The molecule has 0 saturated heterocycles. The summed E-state index contributed by atoms with van der Waals surface area (Å²) in [5.41, 5.74) is 0. The Balaban J connectivity index is 3.37. The molecule has 0 aromatic carbocycles. The van der Waals surface area contributed by atoms with E-state index in [4.69, 9.17) is 4.74 Å². The van der Waals surface area contributed by atoms with E-state index in [1.807, 2.05) is 6.08 Å². The molecule has 0 aliphatic heterocycles. The number of carbonyl (C=O) groups excluding carboxylic acids is 2. The maximum atomic E-state index is 12.5. The number of allylic oxidation sites excluding steroid dienone is 5. The van der Waals surface area contributed by atoms with E-state index in [0.29, 0.717) is 19.4 Å². The highest BCUT2D eigenvalue weighted by Gasteiger charge is 2.18. The SMILES string of the molecule is CCCCCCCCCCCCCCC/C=C/C(O)C(CO)NC(=O)CCCCCCCCCCCCCCCCCCC/C=C\C/C=C\CCCCCCCCCCCOC(=O)CCCCCCCCCCCCCCCCCCCC. The number of amides is 1. The maximum Gasteiger partial charge on any atom is 0.305 e. The highest BCUT2D eigenvalue weighted by Crippen LogP contribution is 2.19. The molecule has 0 rings (SSSR count). The van der Waals surface area contributed by atoms with Crippen molar-refractivity contribution in [3.63, 3.8) is 0 Å². The largest absolute Gasteiger partial charge is 0.466 e. The summed E-state index contributed by atoms with van der Waals surface area (Å²) in [4.78, 5) is 24.6. The zero-order valence-electron chi connectivity index (χ0n) is 56.2. The number of rotatable bonds is 71. The lowest BCUT2D eigenvalue weighted by molar-refractivity contribution is -0.143. The summed E-state index contributed by atoms with van der Waals surface area (Å²) in [6, 6.07) is -0.626. The van der Waals surface area contributed by atoms with Gasteiger partial charge in [-0.05, 0) is 64.2 Å². The molecule has 0 saturated carbocycles. The van der Waals surface area contributed by atoms with Crippen LogP contribution in [0.15, 0.2) is 36.5 Å². The van der Waals surface area contributed by atoms with Gasteiger partial charge >= 0.3 is 5.97 Å². The fourth-order valence-corrected chi connectivity index (χ4v) is 11.9. The van der Waals surface area contributed by atoms with Crippen LogP contribution < -0.4 is 5.32 Å². The van der Waals surface area contributed by atoms with Gasteiger partial charge in [-0.2, -0.15) is 0 Å². The molecule has 2 unspecified atom stereocenters. The summed E-state index contributed by atoms with van der Waals surface area (Å²) in [7, 11) is 0. The number of hydrogen-bond acceptors (Lipinski definition) is 5. The van der Waals surface area contributed by atoms with Crippen molar-refractivity contribution in [2.75, 3.05) is 13.2 Å². The molecule has 0 fully saturated rings. The van der Waals surface area contributed by atoms with E-state index in [0.717, 1.165) is 44.9 Å². The number of ether oxygens (including phenoxy) is 1. The van der Waals surface area contributed by atoms with Gasteiger partial charge in [0, 0.05) is 12.8 Å². The average Bonchev–Trinajstić information content (AvgIpc) is 3.49. The third-order valence-electron chi connectivity index (χ3n) is 17.7. The van der Waals surface area contributed by atoms with Gasteiger partial charge in [-0.3, -0.25) is 9.59 Å². The van der Waals surface area contributed by atoms with E-state index in [2.05, 4.69) is 43.5 Å². The zero-order valence-corrected chi connectivity index (χ0v) is 56.2. The van der Waals surface area contributed by atoms with Gasteiger partial charge in [0.15, 0.2) is 0 Å². The first-order chi connectivity index (χ1) is 41.0. The van der Waals surface area contributed by atoms with Gasteiger partial charge < -0.3 is 20.3 Å². The first kappa shape index (κ1) is 81.1. The van der Waals surface area contributed by atoms with Gasteiger partial charge in [-0.1, -0.05) is 378 Å². The van der Waals surface area contributed by atoms with Crippen LogP contribution in [0, 0.1) is 0 Å². The predicted octanol–water partition coefficient (Wildman–Crippen LogP) is 24.7. The van der Waals surface area contributed by atoms with Gasteiger partial charge in [0.05, 0.1) is 25.4 Å². The molecule has 6 heteroatoms. The van der Waals surface area contributed by atoms with Crippen LogP contribution in [0.5, 0.6) is 0 Å². The quantitative estimate of drug-likeness (QED) is 0.0320. The van der Waals surface area contributed by atoms with Gasteiger partial charge in [-0.25, -0.2) is 0 Å². The molecule has 0 bridgehead atoms. The Morgan fingerprint density at radius 1 is 0.337 bits per heavy atom. The van der Waals surface area contributed by atoms with Crippen molar-refractivity contribution < 1.29 is 24.5 Å². The van der Waals surface area contributed by atoms with E-state index in [1.165, 1.54) is 347 Å². The third kappa shape index (κ3) is 69.1. The Labute approximate surface area is 519 Å². The van der Waals surface area contributed by atoms with Gasteiger partial charge in [0.2, 0.25) is 5.91 Å². The summed E-state index contributed by atoms with van der Waals surface area (Å²) in [6.45, 7) is 4.94. The molecule has 3 N–H and O–H groups in total. The first-order valence-electron chi connectivity index (χ1n) is 37.8. The molecule has 0 radical (unpaired) electrons. The number of esters is 1. The molecule has 0 aromatic heterocycles. The van der Waals surface area contributed by atoms with Crippen LogP contribution in [0.4, 0.5) is 0 Å². The van der Waals surface area contributed by atoms with Crippen LogP contribution in [0.2, 0.25) is 0 Å². The summed E-state index contributed by atoms with van der Waals surface area (Å²) >= 11 is 0. The number of aliphatic hydroxyl groups excluding tert-OH is 2. The molecule has 0 aromatic rings. The lowest BCUT2D eigenvalue weighted by Gasteiger charge is -2.20. The minimum absolute atomic E-state index is 0.0189. The number of unbranched alkanes of at least 4 members (excludes halogenated alkanes) is 56. The fourth-order valence-electron chi connectivity index (χ4n) is 11.9. The average molecular weight is 1170 g/mol. The van der Waals surface area contributed by atoms with Crippen molar-refractivity contribution in [3.05, 3.63) is 36.5 Å². The van der Waals surface area contributed by atoms with Crippen LogP contribution in [0.1, 0.15) is 418 Å². The van der Waals surface area contributed by atoms with Gasteiger partial charge in [0.1, 0.15) is 0 Å². The maximum absolute atomic E-state index is 12.5. The Morgan fingerprint density at radius 2 is 0.602 bits per heavy atom. The van der Waals surface area contributed by atoms with Crippen molar-refractivity contribution in [1.29, 1.82) is 0 Å². The molecule has 2 atom stereocenters. The Bertz CT molecular complexity index is 1340. The second-order valence-electron chi connectivity index (χ2n) is 26.0. The molecule has 0 spiro atoms. The summed E-state index contributed by atoms with van der Waals surface area (Å²) < 4.78 is 5.51. The molecular formula is C77H147NO5. The second-order valence-corrected chi connectivity index (χ2v) is 26.0. The van der Waals surface area contributed by atoms with E-state index in [9.17, 15) is 19.8 Å². The minimum Gasteiger partial charge on any atom is -0.466 e. The number of nitrogens with one attached hydrogen (secondary N) is 1. The lowest BCUT2D eigenvalue weighted by Crippen LogP contribution is -2.45. The molecule has 490 valence electrons. The number of hydrogen-bond donors (Lipinski definition) is 3. The van der Waals surface area contributed by atoms with Crippen molar-refractivity contribution in [1.82, 2.24) is 5.32 Å². The fraction of sp³-hybridized carbons (Fsp3) is 0.896. The van der Waals surface area contributed by atoms with Crippen LogP contribution in [0.25, 0.3) is 0 Å². The molecular weight excluding hydrogens is 1020 g/mol. The Morgan fingerprint density at radius 3 is 0.916 bits per heavy atom. The van der Waals surface area contributed by atoms with Crippen LogP contribution in [-0.2, 0) is 14.3 Å². The summed E-state index contributed by atoms with van der Waals surface area (Å²) in [5, 5.41) is 23.2. The topological polar surface area (TPSA) is 95.9 Å². The standard InChI is InChI=1S/C77H147NO5/c1-3-5-7-9-11-13-15-17-19-20-39-43-47-51-55-59-63-67-71-77(82)83-72-68-64-60-56-52-48-44-40-37-35-33-31-29-27-25-23-21-22-24-26-28-30-32-34-36-38-42-46-50-54-58-62-66-70-76(81)78-74(73-79)75(80)69-65-61-57-53-49-45-41-18-16-14-12-10-8-6-4-2/h25,27,31,33,65,69,74-75,79-80H,3-24,26,28-30,32,34-64,66-68,70-73H2,1-2H3,(H,78,81)/b27-25-,33-31-,69-65+. The van der Waals surface area contributed by atoms with Crippen molar-refractivity contribution in [2.45, 2.75) is 431 Å². The highest BCUT2D eigenvalue weighted by atomic mass is 16.5. The van der Waals surface area contributed by atoms with Crippen molar-refractivity contribution >= 4 is 11.9 Å². The molecule has 0 aliphatic carbocycles. The van der Waals surface area contributed by atoms with Crippen molar-refractivity contribution in [2.24, 2.45) is 0 Å². The van der Waals surface area contributed by atoms with E-state index >= 15 is 0 Å². The zero-order chi connectivity index (χ0) is 59.9. The molecule has 0 aliphatic rings. The molecule has 0 heterocycles.